The molecule has 210 valence electrons. The standard InChI is InChI=1S/C28H27F3N4O5/c1-37-27(36)17-35-32-16-22(34-35)5-3-2-4-20-6-11-24(12-7-20)38-18-23-19-39-26(33-23)15-10-21-8-13-25(14-9-21)40-28(29,30)31/h6-16,19H,2-5,17-18H2,1H3. The van der Waals surface area contributed by atoms with E-state index in [0.29, 0.717) is 22.9 Å². The molecule has 0 amide bonds. The van der Waals surface area contributed by atoms with E-state index in [4.69, 9.17) is 9.15 Å². The van der Waals surface area contributed by atoms with Gasteiger partial charge in [0.15, 0.2) is 6.54 Å². The van der Waals surface area contributed by atoms with Crippen LogP contribution in [0.4, 0.5) is 13.2 Å². The highest BCUT2D eigenvalue weighted by atomic mass is 19.4. The number of rotatable bonds is 13. The maximum Gasteiger partial charge on any atom is 0.573 e. The summed E-state index contributed by atoms with van der Waals surface area (Å²) in [6.07, 6.45) is 5.32. The second kappa shape index (κ2) is 13.5. The summed E-state index contributed by atoms with van der Waals surface area (Å²) in [5.41, 5.74) is 3.29. The van der Waals surface area contributed by atoms with Crippen molar-refractivity contribution in [2.45, 2.75) is 45.2 Å². The van der Waals surface area contributed by atoms with Crippen molar-refractivity contribution in [2.75, 3.05) is 7.11 Å². The van der Waals surface area contributed by atoms with Crippen LogP contribution < -0.4 is 9.47 Å². The van der Waals surface area contributed by atoms with Crippen molar-refractivity contribution in [3.63, 3.8) is 0 Å². The highest BCUT2D eigenvalue weighted by Gasteiger charge is 2.30. The monoisotopic (exact) mass is 556 g/mol. The Morgan fingerprint density at radius 3 is 2.42 bits per heavy atom. The Labute approximate surface area is 228 Å². The molecule has 12 heteroatoms. The molecule has 0 spiro atoms. The number of ether oxygens (including phenoxy) is 3. The van der Waals surface area contributed by atoms with Crippen molar-refractivity contribution in [1.29, 1.82) is 0 Å². The second-order valence-electron chi connectivity index (χ2n) is 8.71. The number of carbonyl (C=O) groups is 1. The zero-order valence-electron chi connectivity index (χ0n) is 21.6. The van der Waals surface area contributed by atoms with Crippen LogP contribution >= 0.6 is 0 Å². The van der Waals surface area contributed by atoms with Crippen molar-refractivity contribution >= 4 is 18.1 Å². The Morgan fingerprint density at radius 2 is 1.70 bits per heavy atom. The van der Waals surface area contributed by atoms with Gasteiger partial charge < -0.3 is 18.6 Å². The van der Waals surface area contributed by atoms with E-state index >= 15 is 0 Å². The van der Waals surface area contributed by atoms with E-state index in [1.54, 1.807) is 18.3 Å². The van der Waals surface area contributed by atoms with E-state index < -0.39 is 6.36 Å². The van der Waals surface area contributed by atoms with Crippen LogP contribution in [0.5, 0.6) is 11.5 Å². The lowest BCUT2D eigenvalue weighted by Gasteiger charge is -2.08. The van der Waals surface area contributed by atoms with Crippen LogP contribution in [0.1, 0.15) is 41.2 Å². The van der Waals surface area contributed by atoms with Gasteiger partial charge in [0.25, 0.3) is 0 Å². The Bertz CT molecular complexity index is 1400. The fraction of sp³-hybridized carbons (Fsp3) is 0.286. The molecule has 0 aliphatic carbocycles. The number of halogens is 3. The molecule has 0 aliphatic heterocycles. The van der Waals surface area contributed by atoms with Gasteiger partial charge in [0.05, 0.1) is 19.0 Å². The van der Waals surface area contributed by atoms with Crippen LogP contribution in [0.2, 0.25) is 0 Å². The molecule has 0 bridgehead atoms. The number of esters is 1. The van der Waals surface area contributed by atoms with Gasteiger partial charge >= 0.3 is 12.3 Å². The third-order valence-electron chi connectivity index (χ3n) is 5.64. The van der Waals surface area contributed by atoms with Crippen LogP contribution in [0.15, 0.2) is 65.4 Å². The molecular weight excluding hydrogens is 529 g/mol. The van der Waals surface area contributed by atoms with E-state index in [1.165, 1.54) is 48.0 Å². The molecule has 0 unspecified atom stereocenters. The van der Waals surface area contributed by atoms with E-state index in [0.717, 1.165) is 31.4 Å². The highest BCUT2D eigenvalue weighted by molar-refractivity contribution is 5.68. The van der Waals surface area contributed by atoms with Crippen LogP contribution in [0.3, 0.4) is 0 Å². The van der Waals surface area contributed by atoms with Crippen molar-refractivity contribution in [2.24, 2.45) is 0 Å². The van der Waals surface area contributed by atoms with Crippen LogP contribution in [0.25, 0.3) is 12.2 Å². The number of benzene rings is 2. The summed E-state index contributed by atoms with van der Waals surface area (Å²) in [7, 11) is 1.33. The number of aromatic nitrogens is 4. The largest absolute Gasteiger partial charge is 0.573 e. The lowest BCUT2D eigenvalue weighted by atomic mass is 10.1. The van der Waals surface area contributed by atoms with Gasteiger partial charge in [-0.05, 0) is 67.2 Å². The molecule has 4 rings (SSSR count). The summed E-state index contributed by atoms with van der Waals surface area (Å²) in [5.74, 6) is 0.369. The first-order valence-electron chi connectivity index (χ1n) is 12.4. The summed E-state index contributed by atoms with van der Waals surface area (Å²) in [5, 5.41) is 8.34. The minimum atomic E-state index is -4.73. The molecule has 0 fully saturated rings. The number of methoxy groups -OCH3 is 1. The number of unbranched alkanes of at least 4 members (excludes halogenated alkanes) is 1. The van der Waals surface area contributed by atoms with Gasteiger partial charge in [-0.25, -0.2) is 9.78 Å². The van der Waals surface area contributed by atoms with Gasteiger partial charge in [-0.3, -0.25) is 0 Å². The maximum atomic E-state index is 12.3. The molecule has 2 heterocycles. The molecule has 40 heavy (non-hydrogen) atoms. The highest BCUT2D eigenvalue weighted by Crippen LogP contribution is 2.23. The number of carbonyl (C=O) groups excluding carboxylic acids is 1. The predicted octanol–water partition coefficient (Wildman–Crippen LogP) is 5.65. The number of hydrogen-bond acceptors (Lipinski definition) is 8. The average Bonchev–Trinajstić information content (AvgIpc) is 3.58. The molecule has 4 aromatic rings. The Balaban J connectivity index is 1.16. The number of alkyl halides is 3. The lowest BCUT2D eigenvalue weighted by molar-refractivity contribution is -0.274. The van der Waals surface area contributed by atoms with Crippen LogP contribution in [-0.2, 0) is 35.5 Å². The molecule has 0 atom stereocenters. The van der Waals surface area contributed by atoms with Crippen LogP contribution in [-0.4, -0.2) is 39.4 Å². The van der Waals surface area contributed by atoms with Gasteiger partial charge in [-0.15, -0.1) is 13.2 Å². The first-order chi connectivity index (χ1) is 19.3. The molecule has 2 aromatic heterocycles. The molecule has 2 aromatic carbocycles. The number of aryl methyl sites for hydroxylation is 2. The molecule has 9 nitrogen and oxygen atoms in total. The molecule has 0 saturated carbocycles. The quantitative estimate of drug-likeness (QED) is 0.154. The van der Waals surface area contributed by atoms with E-state index in [2.05, 4.69) is 24.7 Å². The number of nitrogens with zero attached hydrogens (tertiary/aromatic N) is 4. The first kappa shape index (κ1) is 28.4. The summed E-state index contributed by atoms with van der Waals surface area (Å²) in [4.78, 5) is 16.9. The van der Waals surface area contributed by atoms with Gasteiger partial charge in [-0.1, -0.05) is 24.3 Å². The number of hydrogen-bond donors (Lipinski definition) is 0. The fourth-order valence-corrected chi connectivity index (χ4v) is 3.66. The summed E-state index contributed by atoms with van der Waals surface area (Å²) >= 11 is 0. The van der Waals surface area contributed by atoms with Crippen molar-refractivity contribution in [1.82, 2.24) is 20.0 Å². The maximum absolute atomic E-state index is 12.3. The van der Waals surface area contributed by atoms with E-state index in [1.807, 2.05) is 24.3 Å². The molecular formula is C28H27F3N4O5. The normalized spacial score (nSPS) is 11.6. The van der Waals surface area contributed by atoms with Crippen molar-refractivity contribution in [3.8, 4) is 11.5 Å². The predicted molar refractivity (Wildman–Crippen MR) is 138 cm³/mol. The van der Waals surface area contributed by atoms with Gasteiger partial charge in [-0.2, -0.15) is 15.0 Å². The summed E-state index contributed by atoms with van der Waals surface area (Å²) in [6.45, 7) is 0.224. The number of oxazole rings is 1. The zero-order chi connectivity index (χ0) is 28.4. The smallest absolute Gasteiger partial charge is 0.487 e. The zero-order valence-corrected chi connectivity index (χ0v) is 21.6. The van der Waals surface area contributed by atoms with Gasteiger partial charge in [0.1, 0.15) is 30.1 Å². The van der Waals surface area contributed by atoms with Gasteiger partial charge in [0.2, 0.25) is 5.89 Å². The minimum absolute atomic E-state index is 0.00447. The topological polar surface area (TPSA) is 102 Å². The SMILES string of the molecule is COC(=O)Cn1ncc(CCCCc2ccc(OCc3coc(C=Cc4ccc(OC(F)(F)F)cc4)n3)cc2)n1. The van der Waals surface area contributed by atoms with Crippen molar-refractivity contribution < 1.29 is 36.6 Å². The van der Waals surface area contributed by atoms with Crippen LogP contribution in [0, 0.1) is 0 Å². The van der Waals surface area contributed by atoms with Crippen molar-refractivity contribution in [3.05, 3.63) is 89.4 Å². The molecule has 0 saturated heterocycles. The van der Waals surface area contributed by atoms with Gasteiger partial charge in [0, 0.05) is 6.08 Å². The van der Waals surface area contributed by atoms with E-state index in [9.17, 15) is 18.0 Å². The van der Waals surface area contributed by atoms with E-state index in [-0.39, 0.29) is 24.9 Å². The second-order valence-corrected chi connectivity index (χ2v) is 8.71. The fourth-order valence-electron chi connectivity index (χ4n) is 3.66. The first-order valence-corrected chi connectivity index (χ1v) is 12.4. The average molecular weight is 557 g/mol. The molecule has 0 radical (unpaired) electrons. The lowest BCUT2D eigenvalue weighted by Crippen LogP contribution is -2.16. The third-order valence-corrected chi connectivity index (χ3v) is 5.64. The molecule has 0 aliphatic rings. The Morgan fingerprint density at radius 1 is 0.975 bits per heavy atom. The molecule has 0 N–H and O–H groups in total. The summed E-state index contributed by atoms with van der Waals surface area (Å²) in [6, 6.07) is 13.3. The third kappa shape index (κ3) is 9.29. The Hall–Kier alpha value is -4.61. The summed E-state index contributed by atoms with van der Waals surface area (Å²) < 4.78 is 56.5. The Kier molecular flexibility index (Phi) is 9.55. The minimum Gasteiger partial charge on any atom is -0.487 e.